The van der Waals surface area contributed by atoms with Gasteiger partial charge in [-0.15, -0.1) is 11.8 Å². The molecule has 0 radical (unpaired) electrons. The van der Waals surface area contributed by atoms with E-state index < -0.39 is 5.60 Å². The molecule has 1 heterocycles. The molecular weight excluding hydrogens is 332 g/mol. The van der Waals surface area contributed by atoms with Crippen molar-refractivity contribution in [3.63, 3.8) is 0 Å². The lowest BCUT2D eigenvalue weighted by molar-refractivity contribution is -0.152. The Morgan fingerprint density at radius 1 is 1.36 bits per heavy atom. The summed E-state index contributed by atoms with van der Waals surface area (Å²) in [6.45, 7) is 2.14. The van der Waals surface area contributed by atoms with Crippen LogP contribution in [0.4, 0.5) is 0 Å². The van der Waals surface area contributed by atoms with Crippen molar-refractivity contribution in [2.24, 2.45) is 17.8 Å². The van der Waals surface area contributed by atoms with Crippen LogP contribution in [-0.4, -0.2) is 45.3 Å². The molecule has 0 spiro atoms. The number of thioether (sulfide) groups is 1. The van der Waals surface area contributed by atoms with E-state index in [1.165, 1.54) is 12.8 Å². The number of hydrogen-bond acceptors (Lipinski definition) is 4. The van der Waals surface area contributed by atoms with Crippen molar-refractivity contribution >= 4 is 17.7 Å². The highest BCUT2D eigenvalue weighted by atomic mass is 32.2. The zero-order valence-electron chi connectivity index (χ0n) is 15.1. The Bertz CT molecular complexity index is 649. The zero-order valence-corrected chi connectivity index (χ0v) is 16.0. The van der Waals surface area contributed by atoms with E-state index in [0.29, 0.717) is 17.8 Å². The lowest BCUT2D eigenvalue weighted by atomic mass is 9.52. The number of rotatable bonds is 5. The summed E-state index contributed by atoms with van der Waals surface area (Å²) in [7, 11) is 1.96. The van der Waals surface area contributed by atoms with E-state index in [-0.39, 0.29) is 11.9 Å². The first-order valence-corrected chi connectivity index (χ1v) is 10.6. The number of aromatic nitrogens is 1. The second kappa shape index (κ2) is 6.58. The van der Waals surface area contributed by atoms with Gasteiger partial charge in [0.25, 0.3) is 5.91 Å². The first kappa shape index (κ1) is 17.3. The fourth-order valence-corrected chi connectivity index (χ4v) is 6.62. The van der Waals surface area contributed by atoms with Crippen LogP contribution in [0.1, 0.15) is 55.8 Å². The summed E-state index contributed by atoms with van der Waals surface area (Å²) in [5.41, 5.74) is 0.281. The van der Waals surface area contributed by atoms with Gasteiger partial charge in [-0.2, -0.15) is 0 Å². The Morgan fingerprint density at radius 3 is 2.72 bits per heavy atom. The van der Waals surface area contributed by atoms with Gasteiger partial charge in [0.2, 0.25) is 0 Å². The second-order valence-electron chi connectivity index (χ2n) is 8.31. The summed E-state index contributed by atoms with van der Waals surface area (Å²) in [6, 6.07) is 4.04. The standard InChI is InChI=1S/C20H28N2O2S/c1-3-7-25-18-16(5-4-6-21-18)19(23)22(2)17-14-8-13-9-15(17)12-20(24,10-13)11-14/h4-6,13-15,17,24H,3,7-12H2,1-2H3/t13?,14-,15+,17?,20?. The van der Waals surface area contributed by atoms with Gasteiger partial charge < -0.3 is 10.0 Å². The molecule has 4 bridgehead atoms. The number of carbonyl (C=O) groups excluding carboxylic acids is 1. The molecule has 4 nitrogen and oxygen atoms in total. The molecule has 0 aliphatic heterocycles. The predicted octanol–water partition coefficient (Wildman–Crippen LogP) is 3.60. The first-order chi connectivity index (χ1) is 12.0. The van der Waals surface area contributed by atoms with Gasteiger partial charge >= 0.3 is 0 Å². The molecule has 5 atom stereocenters. The molecule has 4 saturated carbocycles. The van der Waals surface area contributed by atoms with Gasteiger partial charge in [0, 0.05) is 19.3 Å². The summed E-state index contributed by atoms with van der Waals surface area (Å²) in [5.74, 6) is 2.64. The van der Waals surface area contributed by atoms with Gasteiger partial charge in [-0.25, -0.2) is 4.98 Å². The number of amides is 1. The minimum Gasteiger partial charge on any atom is -0.390 e. The van der Waals surface area contributed by atoms with Crippen LogP contribution in [0, 0.1) is 17.8 Å². The van der Waals surface area contributed by atoms with Gasteiger partial charge in [-0.1, -0.05) is 6.92 Å². The summed E-state index contributed by atoms with van der Waals surface area (Å²) in [5, 5.41) is 11.6. The Kier molecular flexibility index (Phi) is 4.57. The average Bonchev–Trinajstić information content (AvgIpc) is 2.57. The number of nitrogens with zero attached hydrogens (tertiary/aromatic N) is 2. The average molecular weight is 361 g/mol. The van der Waals surface area contributed by atoms with Gasteiger partial charge in [0.1, 0.15) is 5.03 Å². The summed E-state index contributed by atoms with van der Waals surface area (Å²) in [4.78, 5) is 19.7. The van der Waals surface area contributed by atoms with Crippen molar-refractivity contribution in [3.05, 3.63) is 23.9 Å². The lowest BCUT2D eigenvalue weighted by Gasteiger charge is -2.59. The Labute approximate surface area is 154 Å². The highest BCUT2D eigenvalue weighted by Gasteiger charge is 2.56. The molecule has 1 amide bonds. The smallest absolute Gasteiger partial charge is 0.256 e. The van der Waals surface area contributed by atoms with E-state index >= 15 is 0 Å². The molecule has 1 aromatic rings. The second-order valence-corrected chi connectivity index (χ2v) is 9.39. The fraction of sp³-hybridized carbons (Fsp3) is 0.700. The van der Waals surface area contributed by atoms with Crippen LogP contribution in [0.25, 0.3) is 0 Å². The third kappa shape index (κ3) is 3.10. The monoisotopic (exact) mass is 360 g/mol. The first-order valence-electron chi connectivity index (χ1n) is 9.58. The number of hydrogen-bond donors (Lipinski definition) is 1. The van der Waals surface area contributed by atoms with Crippen LogP contribution in [0.5, 0.6) is 0 Å². The van der Waals surface area contributed by atoms with E-state index in [0.717, 1.165) is 42.0 Å². The van der Waals surface area contributed by atoms with Crippen LogP contribution in [-0.2, 0) is 0 Å². The molecular formula is C20H28N2O2S. The molecule has 4 aliphatic carbocycles. The Hall–Kier alpha value is -1.07. The van der Waals surface area contributed by atoms with Crippen molar-refractivity contribution < 1.29 is 9.90 Å². The summed E-state index contributed by atoms with van der Waals surface area (Å²) >= 11 is 1.67. The molecule has 5 heteroatoms. The molecule has 0 aromatic carbocycles. The van der Waals surface area contributed by atoms with E-state index in [9.17, 15) is 9.90 Å². The molecule has 5 rings (SSSR count). The molecule has 1 N–H and O–H groups in total. The van der Waals surface area contributed by atoms with E-state index in [2.05, 4.69) is 11.9 Å². The van der Waals surface area contributed by atoms with Crippen molar-refractivity contribution in [1.82, 2.24) is 9.88 Å². The quantitative estimate of drug-likeness (QED) is 0.815. The molecule has 0 saturated heterocycles. The number of carbonyl (C=O) groups is 1. The maximum atomic E-state index is 13.2. The number of pyridine rings is 1. The third-order valence-corrected chi connectivity index (χ3v) is 7.61. The van der Waals surface area contributed by atoms with E-state index in [1.54, 1.807) is 18.0 Å². The molecule has 4 aliphatic rings. The molecule has 136 valence electrons. The van der Waals surface area contributed by atoms with Gasteiger partial charge in [-0.05, 0) is 74.2 Å². The van der Waals surface area contributed by atoms with E-state index in [1.807, 2.05) is 24.1 Å². The minimum absolute atomic E-state index is 0.0937. The Balaban J connectivity index is 1.56. The molecule has 25 heavy (non-hydrogen) atoms. The van der Waals surface area contributed by atoms with Crippen LogP contribution < -0.4 is 0 Å². The van der Waals surface area contributed by atoms with Crippen LogP contribution in [0.3, 0.4) is 0 Å². The topological polar surface area (TPSA) is 53.4 Å². The van der Waals surface area contributed by atoms with Gasteiger partial charge in [0.15, 0.2) is 0 Å². The third-order valence-electron chi connectivity index (χ3n) is 6.40. The highest BCUT2D eigenvalue weighted by molar-refractivity contribution is 7.99. The molecule has 3 unspecified atom stereocenters. The normalized spacial score (nSPS) is 35.8. The van der Waals surface area contributed by atoms with Crippen molar-refractivity contribution in [1.29, 1.82) is 0 Å². The fourth-order valence-electron chi connectivity index (χ4n) is 5.78. The Morgan fingerprint density at radius 2 is 2.08 bits per heavy atom. The van der Waals surface area contributed by atoms with Crippen LogP contribution in [0.2, 0.25) is 0 Å². The van der Waals surface area contributed by atoms with Crippen LogP contribution >= 0.6 is 11.8 Å². The van der Waals surface area contributed by atoms with Crippen molar-refractivity contribution in [3.8, 4) is 0 Å². The van der Waals surface area contributed by atoms with Crippen LogP contribution in [0.15, 0.2) is 23.4 Å². The number of aliphatic hydroxyl groups is 1. The minimum atomic E-state index is -0.451. The molecule has 1 aromatic heterocycles. The summed E-state index contributed by atoms with van der Waals surface area (Å²) < 4.78 is 0. The lowest BCUT2D eigenvalue weighted by Crippen LogP contribution is -2.61. The van der Waals surface area contributed by atoms with Gasteiger partial charge in [0.05, 0.1) is 11.2 Å². The van der Waals surface area contributed by atoms with Crippen molar-refractivity contribution in [2.75, 3.05) is 12.8 Å². The highest BCUT2D eigenvalue weighted by Crippen LogP contribution is 2.56. The largest absolute Gasteiger partial charge is 0.390 e. The summed E-state index contributed by atoms with van der Waals surface area (Å²) in [6.07, 6.45) is 7.89. The maximum Gasteiger partial charge on any atom is 0.256 e. The molecule has 4 fully saturated rings. The zero-order chi connectivity index (χ0) is 17.6. The SMILES string of the molecule is CCCSc1ncccc1C(=O)N(C)C1[C@@H]2CC3C[C@H]1CC(O)(C3)C2. The van der Waals surface area contributed by atoms with Crippen molar-refractivity contribution in [2.45, 2.75) is 62.1 Å². The maximum absolute atomic E-state index is 13.2. The van der Waals surface area contributed by atoms with Gasteiger partial charge in [-0.3, -0.25) is 4.79 Å². The predicted molar refractivity (Wildman–Crippen MR) is 99.6 cm³/mol. The van der Waals surface area contributed by atoms with E-state index in [4.69, 9.17) is 0 Å².